The summed E-state index contributed by atoms with van der Waals surface area (Å²) in [7, 11) is 1.62. The largest absolute Gasteiger partial charge is 0.497 e. The third-order valence-electron chi connectivity index (χ3n) is 5.12. The fourth-order valence-corrected chi connectivity index (χ4v) is 3.23. The van der Waals surface area contributed by atoms with Crippen molar-refractivity contribution in [2.24, 2.45) is 0 Å². The van der Waals surface area contributed by atoms with E-state index in [9.17, 15) is 9.59 Å². The molecule has 0 saturated heterocycles. The molecule has 2 aromatic rings. The smallest absolute Gasteiger partial charge is 0.242 e. The standard InChI is InChI=1S/C25H34N2O4/c1-4-31-18-8-17-26-25(29)20(2)27(19-22-11-14-23(30-3)15-12-22)24(28)16-13-21-9-6-5-7-10-21/h5-7,9-12,14-15,20H,4,8,13,16-19H2,1-3H3,(H,26,29). The Morgan fingerprint density at radius 2 is 1.74 bits per heavy atom. The van der Waals surface area contributed by atoms with E-state index < -0.39 is 6.04 Å². The van der Waals surface area contributed by atoms with Crippen LogP contribution in [0.4, 0.5) is 0 Å². The number of carbonyl (C=O) groups excluding carboxylic acids is 2. The number of rotatable bonds is 13. The SMILES string of the molecule is CCOCCCNC(=O)C(C)N(Cc1ccc(OC)cc1)C(=O)CCc1ccccc1. The van der Waals surface area contributed by atoms with Crippen LogP contribution >= 0.6 is 0 Å². The van der Waals surface area contributed by atoms with Crippen molar-refractivity contribution in [2.75, 3.05) is 26.9 Å². The Kier molecular flexibility index (Phi) is 10.6. The van der Waals surface area contributed by atoms with Crippen molar-refractivity contribution in [2.45, 2.75) is 45.7 Å². The summed E-state index contributed by atoms with van der Waals surface area (Å²) < 4.78 is 10.5. The third kappa shape index (κ3) is 8.42. The van der Waals surface area contributed by atoms with Gasteiger partial charge in [0.1, 0.15) is 11.8 Å². The molecule has 2 rings (SSSR count). The predicted molar refractivity (Wildman–Crippen MR) is 122 cm³/mol. The molecule has 0 aliphatic rings. The van der Waals surface area contributed by atoms with Gasteiger partial charge in [-0.25, -0.2) is 0 Å². The molecule has 0 aromatic heterocycles. The van der Waals surface area contributed by atoms with Crippen LogP contribution in [0.2, 0.25) is 0 Å². The minimum Gasteiger partial charge on any atom is -0.497 e. The summed E-state index contributed by atoms with van der Waals surface area (Å²) in [6.45, 7) is 5.89. The highest BCUT2D eigenvalue weighted by atomic mass is 16.5. The summed E-state index contributed by atoms with van der Waals surface area (Å²) in [5.41, 5.74) is 2.05. The van der Waals surface area contributed by atoms with E-state index in [1.54, 1.807) is 18.9 Å². The van der Waals surface area contributed by atoms with E-state index in [-0.39, 0.29) is 11.8 Å². The number of benzene rings is 2. The first-order chi connectivity index (χ1) is 15.0. The number of amides is 2. The quantitative estimate of drug-likeness (QED) is 0.497. The maximum Gasteiger partial charge on any atom is 0.242 e. The van der Waals surface area contributed by atoms with Gasteiger partial charge in [0.25, 0.3) is 0 Å². The molecule has 2 aromatic carbocycles. The summed E-state index contributed by atoms with van der Waals surface area (Å²) in [6.07, 6.45) is 1.73. The second-order valence-electron chi connectivity index (χ2n) is 7.37. The second kappa shape index (κ2) is 13.4. The fraction of sp³-hybridized carbons (Fsp3) is 0.440. The van der Waals surface area contributed by atoms with Crippen LogP contribution in [0.5, 0.6) is 5.75 Å². The Balaban J connectivity index is 2.03. The van der Waals surface area contributed by atoms with Crippen molar-refractivity contribution in [1.29, 1.82) is 0 Å². The molecule has 0 heterocycles. The van der Waals surface area contributed by atoms with Gasteiger partial charge in [0.2, 0.25) is 11.8 Å². The van der Waals surface area contributed by atoms with Crippen molar-refractivity contribution in [3.63, 3.8) is 0 Å². The number of hydrogen-bond acceptors (Lipinski definition) is 4. The number of nitrogens with zero attached hydrogens (tertiary/aromatic N) is 1. The highest BCUT2D eigenvalue weighted by molar-refractivity contribution is 5.87. The Morgan fingerprint density at radius 3 is 2.39 bits per heavy atom. The molecule has 2 amide bonds. The lowest BCUT2D eigenvalue weighted by atomic mass is 10.1. The summed E-state index contributed by atoms with van der Waals surface area (Å²) in [5, 5.41) is 2.92. The molecular formula is C25H34N2O4. The maximum atomic E-state index is 13.1. The van der Waals surface area contributed by atoms with E-state index >= 15 is 0 Å². The summed E-state index contributed by atoms with van der Waals surface area (Å²) in [4.78, 5) is 27.5. The average molecular weight is 427 g/mol. The van der Waals surface area contributed by atoms with Gasteiger partial charge < -0.3 is 19.7 Å². The Hall–Kier alpha value is -2.86. The predicted octanol–water partition coefficient (Wildman–Crippen LogP) is 3.59. The normalized spacial score (nSPS) is 11.6. The van der Waals surface area contributed by atoms with E-state index in [4.69, 9.17) is 9.47 Å². The van der Waals surface area contributed by atoms with Crippen molar-refractivity contribution >= 4 is 11.8 Å². The van der Waals surface area contributed by atoms with E-state index in [0.717, 1.165) is 23.3 Å². The van der Waals surface area contributed by atoms with Crippen molar-refractivity contribution in [3.8, 4) is 5.75 Å². The van der Waals surface area contributed by atoms with Crippen LogP contribution in [-0.4, -0.2) is 49.6 Å². The molecule has 1 atom stereocenters. The van der Waals surface area contributed by atoms with Crippen LogP contribution in [0.25, 0.3) is 0 Å². The first-order valence-corrected chi connectivity index (χ1v) is 10.9. The van der Waals surface area contributed by atoms with Crippen molar-refractivity contribution in [3.05, 3.63) is 65.7 Å². The molecule has 0 aliphatic heterocycles. The van der Waals surface area contributed by atoms with Gasteiger partial charge in [-0.3, -0.25) is 9.59 Å². The van der Waals surface area contributed by atoms with Gasteiger partial charge in [-0.2, -0.15) is 0 Å². The van der Waals surface area contributed by atoms with E-state index in [0.29, 0.717) is 39.1 Å². The summed E-state index contributed by atoms with van der Waals surface area (Å²) >= 11 is 0. The lowest BCUT2D eigenvalue weighted by Crippen LogP contribution is -2.48. The third-order valence-corrected chi connectivity index (χ3v) is 5.12. The molecule has 1 unspecified atom stereocenters. The summed E-state index contributed by atoms with van der Waals surface area (Å²) in [5.74, 6) is 0.556. The van der Waals surface area contributed by atoms with E-state index in [2.05, 4.69) is 5.32 Å². The van der Waals surface area contributed by atoms with Gasteiger partial charge in [0, 0.05) is 32.7 Å². The van der Waals surface area contributed by atoms with Crippen LogP contribution in [0.1, 0.15) is 37.8 Å². The number of carbonyl (C=O) groups is 2. The van der Waals surface area contributed by atoms with Gasteiger partial charge in [-0.1, -0.05) is 42.5 Å². The first-order valence-electron chi connectivity index (χ1n) is 10.9. The lowest BCUT2D eigenvalue weighted by Gasteiger charge is -2.29. The van der Waals surface area contributed by atoms with Crippen LogP contribution in [0.3, 0.4) is 0 Å². The fourth-order valence-electron chi connectivity index (χ4n) is 3.23. The van der Waals surface area contributed by atoms with Crippen molar-refractivity contribution in [1.82, 2.24) is 10.2 Å². The Labute approximate surface area is 185 Å². The number of hydrogen-bond donors (Lipinski definition) is 1. The first kappa shape index (κ1) is 24.4. The van der Waals surface area contributed by atoms with Gasteiger partial charge in [0.15, 0.2) is 0 Å². The van der Waals surface area contributed by atoms with Crippen LogP contribution in [0, 0.1) is 0 Å². The number of nitrogens with one attached hydrogen (secondary N) is 1. The van der Waals surface area contributed by atoms with E-state index in [1.807, 2.05) is 61.5 Å². The molecule has 1 N–H and O–H groups in total. The molecular weight excluding hydrogens is 392 g/mol. The minimum atomic E-state index is -0.572. The van der Waals surface area contributed by atoms with Crippen LogP contribution in [-0.2, 0) is 27.3 Å². The molecule has 0 radical (unpaired) electrons. The van der Waals surface area contributed by atoms with Crippen LogP contribution in [0.15, 0.2) is 54.6 Å². The topological polar surface area (TPSA) is 67.9 Å². The monoisotopic (exact) mass is 426 g/mol. The molecule has 0 fully saturated rings. The zero-order valence-corrected chi connectivity index (χ0v) is 18.8. The van der Waals surface area contributed by atoms with Gasteiger partial charge >= 0.3 is 0 Å². The van der Waals surface area contributed by atoms with E-state index in [1.165, 1.54) is 0 Å². The zero-order chi connectivity index (χ0) is 22.5. The molecule has 6 nitrogen and oxygen atoms in total. The van der Waals surface area contributed by atoms with Gasteiger partial charge in [0.05, 0.1) is 7.11 Å². The number of aryl methyl sites for hydroxylation is 1. The molecule has 0 bridgehead atoms. The van der Waals surface area contributed by atoms with Crippen LogP contribution < -0.4 is 10.1 Å². The molecule has 31 heavy (non-hydrogen) atoms. The highest BCUT2D eigenvalue weighted by Crippen LogP contribution is 2.16. The molecule has 0 aliphatic carbocycles. The highest BCUT2D eigenvalue weighted by Gasteiger charge is 2.25. The number of ether oxygens (including phenoxy) is 2. The second-order valence-corrected chi connectivity index (χ2v) is 7.37. The summed E-state index contributed by atoms with van der Waals surface area (Å²) in [6, 6.07) is 16.9. The van der Waals surface area contributed by atoms with Gasteiger partial charge in [-0.05, 0) is 49.9 Å². The molecule has 0 saturated carbocycles. The lowest BCUT2D eigenvalue weighted by molar-refractivity contribution is -0.140. The minimum absolute atomic E-state index is 0.0448. The molecule has 0 spiro atoms. The van der Waals surface area contributed by atoms with Gasteiger partial charge in [-0.15, -0.1) is 0 Å². The Morgan fingerprint density at radius 1 is 1.03 bits per heavy atom. The van der Waals surface area contributed by atoms with Crippen molar-refractivity contribution < 1.29 is 19.1 Å². The molecule has 168 valence electrons. The zero-order valence-electron chi connectivity index (χ0n) is 18.8. The molecule has 6 heteroatoms. The maximum absolute atomic E-state index is 13.1. The average Bonchev–Trinajstić information content (AvgIpc) is 2.81. The Bertz CT molecular complexity index is 793. The number of methoxy groups -OCH3 is 1.